The number of benzene rings is 4. The van der Waals surface area contributed by atoms with Gasteiger partial charge < -0.3 is 0 Å². The highest BCUT2D eigenvalue weighted by Gasteiger charge is 2.09. The Morgan fingerprint density at radius 2 is 0.778 bits per heavy atom. The van der Waals surface area contributed by atoms with E-state index in [4.69, 9.17) is 0 Å². The largest absolute Gasteiger partial charge is 0.294 e. The molecule has 0 fully saturated rings. The molecule has 0 spiro atoms. The van der Waals surface area contributed by atoms with Crippen molar-refractivity contribution in [3.63, 3.8) is 0 Å². The first-order chi connectivity index (χ1) is 17.1. The van der Waals surface area contributed by atoms with Gasteiger partial charge in [0.2, 0.25) is 0 Å². The SMILES string of the molecule is O=S(=O)(O)c1cccc(/C=C\c2ccc(-c3ccc(/C=C/c4cccc(S(=O)(=O)O)c4)cc3)cc2)c1. The molecule has 8 heteroatoms. The third kappa shape index (κ3) is 6.65. The van der Waals surface area contributed by atoms with Crippen LogP contribution in [0.1, 0.15) is 22.3 Å². The first kappa shape index (κ1) is 25.3. The molecule has 36 heavy (non-hydrogen) atoms. The van der Waals surface area contributed by atoms with E-state index in [2.05, 4.69) is 0 Å². The zero-order valence-electron chi connectivity index (χ0n) is 18.9. The summed E-state index contributed by atoms with van der Waals surface area (Å²) < 4.78 is 63.6. The van der Waals surface area contributed by atoms with Crippen LogP contribution in [0.3, 0.4) is 0 Å². The second kappa shape index (κ2) is 10.4. The lowest BCUT2D eigenvalue weighted by atomic mass is 10.0. The van der Waals surface area contributed by atoms with E-state index in [-0.39, 0.29) is 9.79 Å². The molecule has 4 aromatic rings. The maximum atomic E-state index is 11.3. The zero-order valence-corrected chi connectivity index (χ0v) is 20.5. The van der Waals surface area contributed by atoms with Crippen LogP contribution in [0.15, 0.2) is 107 Å². The quantitative estimate of drug-likeness (QED) is 0.223. The van der Waals surface area contributed by atoms with E-state index < -0.39 is 20.2 Å². The highest BCUT2D eigenvalue weighted by molar-refractivity contribution is 7.86. The lowest BCUT2D eigenvalue weighted by Crippen LogP contribution is -1.97. The van der Waals surface area contributed by atoms with Crippen molar-refractivity contribution in [2.75, 3.05) is 0 Å². The van der Waals surface area contributed by atoms with Gasteiger partial charge >= 0.3 is 0 Å². The van der Waals surface area contributed by atoms with E-state index in [1.165, 1.54) is 24.3 Å². The fraction of sp³-hybridized carbons (Fsp3) is 0. The summed E-state index contributed by atoms with van der Waals surface area (Å²) in [6, 6.07) is 27.9. The Morgan fingerprint density at radius 3 is 1.11 bits per heavy atom. The van der Waals surface area contributed by atoms with Crippen molar-refractivity contribution >= 4 is 44.5 Å². The summed E-state index contributed by atoms with van der Waals surface area (Å²) in [4.78, 5) is -0.296. The van der Waals surface area contributed by atoms with Gasteiger partial charge in [-0.2, -0.15) is 16.8 Å². The molecule has 0 radical (unpaired) electrons. The normalized spacial score (nSPS) is 12.4. The molecule has 0 aromatic heterocycles. The molecule has 0 saturated carbocycles. The molecule has 182 valence electrons. The lowest BCUT2D eigenvalue weighted by molar-refractivity contribution is 0.481. The van der Waals surface area contributed by atoms with Crippen LogP contribution >= 0.6 is 0 Å². The van der Waals surface area contributed by atoms with Crippen molar-refractivity contribution in [2.45, 2.75) is 9.79 Å². The lowest BCUT2D eigenvalue weighted by Gasteiger charge is -2.04. The average molecular weight is 519 g/mol. The van der Waals surface area contributed by atoms with Crippen molar-refractivity contribution in [2.24, 2.45) is 0 Å². The second-order valence-corrected chi connectivity index (χ2v) is 10.8. The van der Waals surface area contributed by atoms with Gasteiger partial charge in [0.1, 0.15) is 0 Å². The van der Waals surface area contributed by atoms with Crippen LogP contribution in [0.2, 0.25) is 0 Å². The molecule has 0 unspecified atom stereocenters. The van der Waals surface area contributed by atoms with Crippen LogP contribution in [0.5, 0.6) is 0 Å². The molecule has 0 amide bonds. The maximum absolute atomic E-state index is 11.3. The first-order valence-electron chi connectivity index (χ1n) is 10.8. The number of hydrogen-bond donors (Lipinski definition) is 2. The third-order valence-corrected chi connectivity index (χ3v) is 7.10. The van der Waals surface area contributed by atoms with Crippen LogP contribution in [-0.2, 0) is 20.2 Å². The molecular formula is C28H22O6S2. The highest BCUT2D eigenvalue weighted by atomic mass is 32.2. The Morgan fingerprint density at radius 1 is 0.444 bits per heavy atom. The van der Waals surface area contributed by atoms with Gasteiger partial charge in [0.15, 0.2) is 0 Å². The Bertz CT molecular complexity index is 1520. The van der Waals surface area contributed by atoms with Gasteiger partial charge in [-0.25, -0.2) is 0 Å². The molecule has 6 nitrogen and oxygen atoms in total. The fourth-order valence-corrected chi connectivity index (χ4v) is 4.59. The van der Waals surface area contributed by atoms with Crippen LogP contribution in [0, 0.1) is 0 Å². The van der Waals surface area contributed by atoms with E-state index in [0.29, 0.717) is 11.1 Å². The molecule has 0 aliphatic carbocycles. The van der Waals surface area contributed by atoms with E-state index in [1.807, 2.05) is 60.7 Å². The number of hydrogen-bond acceptors (Lipinski definition) is 4. The third-order valence-electron chi connectivity index (χ3n) is 5.40. The maximum Gasteiger partial charge on any atom is 0.294 e. The summed E-state index contributed by atoms with van der Waals surface area (Å²) >= 11 is 0. The highest BCUT2D eigenvalue weighted by Crippen LogP contribution is 2.22. The Labute approximate surface area is 210 Å². The molecule has 0 heterocycles. The van der Waals surface area contributed by atoms with Crippen molar-refractivity contribution in [1.29, 1.82) is 0 Å². The van der Waals surface area contributed by atoms with Gasteiger partial charge in [-0.3, -0.25) is 9.11 Å². The Hall–Kier alpha value is -3.82. The fourth-order valence-electron chi connectivity index (χ4n) is 3.52. The van der Waals surface area contributed by atoms with Crippen molar-refractivity contribution in [3.05, 3.63) is 119 Å². The van der Waals surface area contributed by atoms with Gasteiger partial charge in [0, 0.05) is 0 Å². The van der Waals surface area contributed by atoms with Crippen molar-refractivity contribution < 1.29 is 25.9 Å². The molecule has 0 aliphatic rings. The first-order valence-corrected chi connectivity index (χ1v) is 13.7. The second-order valence-electron chi connectivity index (χ2n) is 8.01. The van der Waals surface area contributed by atoms with Crippen LogP contribution in [-0.4, -0.2) is 25.9 Å². The molecule has 2 N–H and O–H groups in total. The predicted molar refractivity (Wildman–Crippen MR) is 142 cm³/mol. The van der Waals surface area contributed by atoms with Gasteiger partial charge in [0.25, 0.3) is 20.2 Å². The van der Waals surface area contributed by atoms with Crippen molar-refractivity contribution in [1.82, 2.24) is 0 Å². The van der Waals surface area contributed by atoms with E-state index in [0.717, 1.165) is 22.3 Å². The minimum absolute atomic E-state index is 0.148. The summed E-state index contributed by atoms with van der Waals surface area (Å²) in [5.74, 6) is 0. The van der Waals surface area contributed by atoms with Crippen LogP contribution < -0.4 is 0 Å². The van der Waals surface area contributed by atoms with E-state index >= 15 is 0 Å². The molecule has 4 aromatic carbocycles. The minimum atomic E-state index is -4.24. The topological polar surface area (TPSA) is 109 Å². The summed E-state index contributed by atoms with van der Waals surface area (Å²) in [5, 5.41) is 0. The van der Waals surface area contributed by atoms with Gasteiger partial charge in [-0.15, -0.1) is 0 Å². The summed E-state index contributed by atoms with van der Waals surface area (Å²) in [7, 11) is -8.48. The molecule has 0 bridgehead atoms. The Kier molecular flexibility index (Phi) is 7.32. The monoisotopic (exact) mass is 518 g/mol. The summed E-state index contributed by atoms with van der Waals surface area (Å²) in [5.41, 5.74) is 5.23. The predicted octanol–water partition coefficient (Wildman–Crippen LogP) is 6.19. The van der Waals surface area contributed by atoms with Gasteiger partial charge in [-0.05, 0) is 57.6 Å². The molecule has 0 aliphatic heterocycles. The zero-order chi connectivity index (χ0) is 25.8. The van der Waals surface area contributed by atoms with Crippen LogP contribution in [0.4, 0.5) is 0 Å². The standard InChI is InChI=1S/C28H22O6S2/c29-35(30,31)27-5-1-3-23(19-27)9-7-21-11-15-25(16-12-21)26-17-13-22(14-18-26)8-10-24-4-2-6-28(20-24)36(32,33)34/h1-20H,(H,29,30,31)(H,32,33,34)/b9-7-,10-8+. The van der Waals surface area contributed by atoms with Crippen LogP contribution in [0.25, 0.3) is 35.4 Å². The summed E-state index contributed by atoms with van der Waals surface area (Å²) in [6.07, 6.45) is 7.27. The molecular weight excluding hydrogens is 496 g/mol. The average Bonchev–Trinajstić information content (AvgIpc) is 2.86. The molecule has 4 rings (SSSR count). The molecule has 0 saturated heterocycles. The summed E-state index contributed by atoms with van der Waals surface area (Å²) in [6.45, 7) is 0. The minimum Gasteiger partial charge on any atom is -0.282 e. The van der Waals surface area contributed by atoms with Crippen molar-refractivity contribution in [3.8, 4) is 11.1 Å². The molecule has 0 atom stereocenters. The van der Waals surface area contributed by atoms with E-state index in [9.17, 15) is 25.9 Å². The smallest absolute Gasteiger partial charge is 0.282 e. The van der Waals surface area contributed by atoms with E-state index in [1.54, 1.807) is 36.4 Å². The number of rotatable bonds is 7. The van der Waals surface area contributed by atoms with Gasteiger partial charge in [0.05, 0.1) is 9.79 Å². The Balaban J connectivity index is 1.44. The van der Waals surface area contributed by atoms with Gasteiger partial charge in [-0.1, -0.05) is 97.1 Å².